The second-order valence-electron chi connectivity index (χ2n) is 5.89. The summed E-state index contributed by atoms with van der Waals surface area (Å²) in [6.07, 6.45) is 0. The number of aryl methyl sites for hydroxylation is 1. The Morgan fingerprint density at radius 3 is 2.31 bits per heavy atom. The standard InChI is InChI=1S/C20H19N3O2S/c1-13(24)22-18-9-7-17(8-10-18)20(25)21-11-15-3-5-16(6-4-15)19-12-26-14(2)23-19/h3-10,12H,11H2,1-2H3,(H,21,25)(H,22,24). The predicted molar refractivity (Wildman–Crippen MR) is 104 cm³/mol. The maximum atomic E-state index is 12.2. The number of nitrogens with zero attached hydrogens (tertiary/aromatic N) is 1. The number of anilines is 1. The summed E-state index contributed by atoms with van der Waals surface area (Å²) in [5, 5.41) is 8.65. The van der Waals surface area contributed by atoms with Crippen molar-refractivity contribution in [1.82, 2.24) is 10.3 Å². The van der Waals surface area contributed by atoms with Gasteiger partial charge in [-0.05, 0) is 36.8 Å². The number of hydrogen-bond acceptors (Lipinski definition) is 4. The van der Waals surface area contributed by atoms with E-state index in [0.717, 1.165) is 21.8 Å². The normalized spacial score (nSPS) is 10.4. The van der Waals surface area contributed by atoms with E-state index in [4.69, 9.17) is 0 Å². The summed E-state index contributed by atoms with van der Waals surface area (Å²) in [5.74, 6) is -0.294. The largest absolute Gasteiger partial charge is 0.348 e. The van der Waals surface area contributed by atoms with Crippen LogP contribution >= 0.6 is 11.3 Å². The van der Waals surface area contributed by atoms with E-state index in [0.29, 0.717) is 17.8 Å². The van der Waals surface area contributed by atoms with Gasteiger partial charge >= 0.3 is 0 Å². The van der Waals surface area contributed by atoms with Crippen molar-refractivity contribution in [1.29, 1.82) is 0 Å². The second kappa shape index (κ2) is 7.93. The van der Waals surface area contributed by atoms with Gasteiger partial charge in [-0.2, -0.15) is 0 Å². The third-order valence-corrected chi connectivity index (χ3v) is 4.56. The molecule has 0 aliphatic carbocycles. The maximum absolute atomic E-state index is 12.2. The lowest BCUT2D eigenvalue weighted by atomic mass is 10.1. The minimum Gasteiger partial charge on any atom is -0.348 e. The third kappa shape index (κ3) is 4.55. The Morgan fingerprint density at radius 2 is 1.73 bits per heavy atom. The summed E-state index contributed by atoms with van der Waals surface area (Å²) in [6.45, 7) is 3.88. The van der Waals surface area contributed by atoms with Crippen LogP contribution in [-0.4, -0.2) is 16.8 Å². The highest BCUT2D eigenvalue weighted by Crippen LogP contribution is 2.21. The molecular formula is C20H19N3O2S. The molecule has 0 bridgehead atoms. The zero-order valence-electron chi connectivity index (χ0n) is 14.6. The van der Waals surface area contributed by atoms with Crippen molar-refractivity contribution in [3.63, 3.8) is 0 Å². The first-order valence-corrected chi connectivity index (χ1v) is 9.06. The minimum atomic E-state index is -0.154. The molecule has 0 radical (unpaired) electrons. The Labute approximate surface area is 156 Å². The average molecular weight is 365 g/mol. The number of carbonyl (C=O) groups is 2. The molecule has 0 atom stereocenters. The molecule has 5 nitrogen and oxygen atoms in total. The van der Waals surface area contributed by atoms with Crippen molar-refractivity contribution >= 4 is 28.8 Å². The molecule has 26 heavy (non-hydrogen) atoms. The fourth-order valence-electron chi connectivity index (χ4n) is 2.48. The highest BCUT2D eigenvalue weighted by Gasteiger charge is 2.06. The van der Waals surface area contributed by atoms with Crippen LogP contribution in [0.1, 0.15) is 27.9 Å². The Kier molecular flexibility index (Phi) is 5.43. The van der Waals surface area contributed by atoms with Crippen molar-refractivity contribution in [2.24, 2.45) is 0 Å². The van der Waals surface area contributed by atoms with E-state index in [1.165, 1.54) is 6.92 Å². The number of rotatable bonds is 5. The van der Waals surface area contributed by atoms with E-state index in [1.807, 2.05) is 36.6 Å². The smallest absolute Gasteiger partial charge is 0.251 e. The van der Waals surface area contributed by atoms with Gasteiger partial charge < -0.3 is 10.6 Å². The van der Waals surface area contributed by atoms with Crippen LogP contribution in [0.3, 0.4) is 0 Å². The van der Waals surface area contributed by atoms with Gasteiger partial charge in [0.05, 0.1) is 10.7 Å². The Hall–Kier alpha value is -2.99. The number of thiazole rings is 1. The van der Waals surface area contributed by atoms with E-state index in [-0.39, 0.29) is 11.8 Å². The molecule has 0 aliphatic heterocycles. The summed E-state index contributed by atoms with van der Waals surface area (Å²) in [5.41, 5.74) is 4.28. The number of benzene rings is 2. The third-order valence-electron chi connectivity index (χ3n) is 3.79. The van der Waals surface area contributed by atoms with E-state index >= 15 is 0 Å². The molecule has 1 aromatic heterocycles. The molecular weight excluding hydrogens is 346 g/mol. The molecule has 0 saturated carbocycles. The summed E-state index contributed by atoms with van der Waals surface area (Å²) < 4.78 is 0. The Morgan fingerprint density at radius 1 is 1.04 bits per heavy atom. The SMILES string of the molecule is CC(=O)Nc1ccc(C(=O)NCc2ccc(-c3csc(C)n3)cc2)cc1. The molecule has 2 aromatic carbocycles. The van der Waals surface area contributed by atoms with Gasteiger partial charge in [-0.15, -0.1) is 11.3 Å². The van der Waals surface area contributed by atoms with Crippen LogP contribution in [0.4, 0.5) is 5.69 Å². The molecule has 0 saturated heterocycles. The van der Waals surface area contributed by atoms with Crippen LogP contribution in [-0.2, 0) is 11.3 Å². The number of nitrogens with one attached hydrogen (secondary N) is 2. The van der Waals surface area contributed by atoms with Gasteiger partial charge in [0.2, 0.25) is 5.91 Å². The first-order chi connectivity index (χ1) is 12.5. The summed E-state index contributed by atoms with van der Waals surface area (Å²) >= 11 is 1.63. The van der Waals surface area contributed by atoms with Gasteiger partial charge in [-0.25, -0.2) is 4.98 Å². The average Bonchev–Trinajstić information content (AvgIpc) is 3.07. The van der Waals surface area contributed by atoms with Gasteiger partial charge in [0.1, 0.15) is 0 Å². The molecule has 0 fully saturated rings. The number of carbonyl (C=O) groups excluding carboxylic acids is 2. The van der Waals surface area contributed by atoms with Crippen LogP contribution in [0.2, 0.25) is 0 Å². The molecule has 0 spiro atoms. The van der Waals surface area contributed by atoms with Crippen LogP contribution in [0.5, 0.6) is 0 Å². The fraction of sp³-hybridized carbons (Fsp3) is 0.150. The molecule has 6 heteroatoms. The monoisotopic (exact) mass is 365 g/mol. The summed E-state index contributed by atoms with van der Waals surface area (Å²) in [7, 11) is 0. The first-order valence-electron chi connectivity index (χ1n) is 8.18. The maximum Gasteiger partial charge on any atom is 0.251 e. The van der Waals surface area contributed by atoms with Crippen LogP contribution in [0.15, 0.2) is 53.9 Å². The molecule has 0 unspecified atom stereocenters. The van der Waals surface area contributed by atoms with Gasteiger partial charge in [0.25, 0.3) is 5.91 Å². The van der Waals surface area contributed by atoms with Crippen molar-refractivity contribution in [3.8, 4) is 11.3 Å². The summed E-state index contributed by atoms with van der Waals surface area (Å²) in [6, 6.07) is 14.8. The molecule has 1 heterocycles. The number of amides is 2. The first kappa shape index (κ1) is 17.8. The van der Waals surface area contributed by atoms with Crippen LogP contribution in [0, 0.1) is 6.92 Å². The Bertz CT molecular complexity index is 915. The lowest BCUT2D eigenvalue weighted by Gasteiger charge is -2.07. The van der Waals surface area contributed by atoms with Gasteiger partial charge in [0, 0.05) is 35.7 Å². The number of hydrogen-bond donors (Lipinski definition) is 2. The van der Waals surface area contributed by atoms with Crippen LogP contribution < -0.4 is 10.6 Å². The van der Waals surface area contributed by atoms with Crippen LogP contribution in [0.25, 0.3) is 11.3 Å². The second-order valence-corrected chi connectivity index (χ2v) is 6.95. The lowest BCUT2D eigenvalue weighted by Crippen LogP contribution is -2.22. The minimum absolute atomic E-state index is 0.140. The van der Waals surface area contributed by atoms with Crippen molar-refractivity contribution in [3.05, 3.63) is 70.0 Å². The zero-order valence-corrected chi connectivity index (χ0v) is 15.4. The zero-order chi connectivity index (χ0) is 18.5. The van der Waals surface area contributed by atoms with Crippen molar-refractivity contribution in [2.45, 2.75) is 20.4 Å². The molecule has 0 aliphatic rings. The van der Waals surface area contributed by atoms with E-state index in [9.17, 15) is 9.59 Å². The summed E-state index contributed by atoms with van der Waals surface area (Å²) in [4.78, 5) is 27.7. The molecule has 3 aromatic rings. The van der Waals surface area contributed by atoms with Gasteiger partial charge in [-0.1, -0.05) is 24.3 Å². The topological polar surface area (TPSA) is 71.1 Å². The lowest BCUT2D eigenvalue weighted by molar-refractivity contribution is -0.114. The molecule has 3 rings (SSSR count). The van der Waals surface area contributed by atoms with E-state index in [1.54, 1.807) is 35.6 Å². The van der Waals surface area contributed by atoms with Gasteiger partial charge in [0.15, 0.2) is 0 Å². The van der Waals surface area contributed by atoms with E-state index < -0.39 is 0 Å². The fourth-order valence-corrected chi connectivity index (χ4v) is 3.10. The molecule has 132 valence electrons. The quantitative estimate of drug-likeness (QED) is 0.718. The van der Waals surface area contributed by atoms with E-state index in [2.05, 4.69) is 15.6 Å². The molecule has 2 amide bonds. The predicted octanol–water partition coefficient (Wildman–Crippen LogP) is 4.01. The Balaban J connectivity index is 1.58. The highest BCUT2D eigenvalue weighted by atomic mass is 32.1. The van der Waals surface area contributed by atoms with Crippen molar-refractivity contribution < 1.29 is 9.59 Å². The highest BCUT2D eigenvalue weighted by molar-refractivity contribution is 7.09. The molecule has 2 N–H and O–H groups in total. The van der Waals surface area contributed by atoms with Gasteiger partial charge in [-0.3, -0.25) is 9.59 Å². The number of aromatic nitrogens is 1. The van der Waals surface area contributed by atoms with Crippen molar-refractivity contribution in [2.75, 3.05) is 5.32 Å².